The van der Waals surface area contributed by atoms with Crippen LogP contribution in [0, 0.1) is 0 Å². The zero-order valence-electron chi connectivity index (χ0n) is 12.3. The second-order valence-electron chi connectivity index (χ2n) is 5.61. The normalized spacial score (nSPS) is 15.6. The molecule has 3 unspecified atom stereocenters. The summed E-state index contributed by atoms with van der Waals surface area (Å²) >= 11 is 0. The molecule has 0 saturated heterocycles. The minimum atomic E-state index is -0.947. The van der Waals surface area contributed by atoms with Gasteiger partial charge in [0.25, 0.3) is 0 Å². The van der Waals surface area contributed by atoms with Gasteiger partial charge >= 0.3 is 0 Å². The van der Waals surface area contributed by atoms with E-state index in [1.165, 1.54) is 0 Å². The Morgan fingerprint density at radius 2 is 1.64 bits per heavy atom. The zero-order valence-corrected chi connectivity index (χ0v) is 12.3. The third-order valence-corrected chi connectivity index (χ3v) is 3.97. The molecule has 3 atom stereocenters. The number of phenolic OH excluding ortho intramolecular Hbond substituents is 1. The number of benzene rings is 2. The summed E-state index contributed by atoms with van der Waals surface area (Å²) in [6.07, 6.45) is -1.82. The minimum absolute atomic E-state index is 0.172. The van der Waals surface area contributed by atoms with Crippen molar-refractivity contribution in [2.24, 2.45) is 0 Å². The summed E-state index contributed by atoms with van der Waals surface area (Å²) < 4.78 is 0. The third kappa shape index (κ3) is 2.71. The van der Waals surface area contributed by atoms with Gasteiger partial charge in [-0.3, -0.25) is 0 Å². The Morgan fingerprint density at radius 3 is 2.27 bits per heavy atom. The summed E-state index contributed by atoms with van der Waals surface area (Å²) in [6.45, 7) is 1.57. The smallest absolute Gasteiger partial charge is 0.115 e. The highest BCUT2D eigenvalue weighted by Crippen LogP contribution is 2.32. The van der Waals surface area contributed by atoms with Crippen LogP contribution in [0.25, 0.3) is 10.9 Å². The molecule has 0 aliphatic rings. The number of aromatic hydroxyl groups is 1. The highest BCUT2D eigenvalue weighted by Gasteiger charge is 2.28. The van der Waals surface area contributed by atoms with E-state index in [0.717, 1.165) is 22.2 Å². The number of rotatable bonds is 4. The van der Waals surface area contributed by atoms with Gasteiger partial charge in [-0.15, -0.1) is 0 Å². The first-order valence-corrected chi connectivity index (χ1v) is 7.29. The molecule has 0 aliphatic heterocycles. The topological polar surface area (TPSA) is 76.5 Å². The van der Waals surface area contributed by atoms with Crippen LogP contribution in [-0.4, -0.2) is 32.5 Å². The molecule has 4 nitrogen and oxygen atoms in total. The number of aliphatic hydroxyl groups is 2. The van der Waals surface area contributed by atoms with E-state index in [2.05, 4.69) is 4.98 Å². The van der Waals surface area contributed by atoms with Crippen LogP contribution < -0.4 is 0 Å². The Balaban J connectivity index is 2.09. The minimum Gasteiger partial charge on any atom is -0.508 e. The molecule has 1 aromatic heterocycles. The Bertz CT molecular complexity index is 728. The summed E-state index contributed by atoms with van der Waals surface area (Å²) in [7, 11) is 0. The van der Waals surface area contributed by atoms with E-state index in [1.54, 1.807) is 31.2 Å². The molecule has 114 valence electrons. The maximum atomic E-state index is 10.5. The van der Waals surface area contributed by atoms with E-state index in [4.69, 9.17) is 0 Å². The second-order valence-corrected chi connectivity index (χ2v) is 5.61. The van der Waals surface area contributed by atoms with Crippen LogP contribution in [0.15, 0.2) is 54.6 Å². The summed E-state index contributed by atoms with van der Waals surface area (Å²) in [4.78, 5) is 3.31. The summed E-state index contributed by atoms with van der Waals surface area (Å²) in [5.41, 5.74) is 2.65. The predicted octanol–water partition coefficient (Wildman–Crippen LogP) is 2.75. The monoisotopic (exact) mass is 297 g/mol. The summed E-state index contributed by atoms with van der Waals surface area (Å²) in [5, 5.41) is 30.8. The Kier molecular flexibility index (Phi) is 3.88. The number of H-pyrrole nitrogens is 1. The number of aromatic amines is 1. The van der Waals surface area contributed by atoms with Crippen molar-refractivity contribution in [3.05, 3.63) is 65.9 Å². The lowest BCUT2D eigenvalue weighted by Gasteiger charge is -2.25. The standard InChI is InChI=1S/C18H19NO3/c1-11(20)18(22)17(12-6-8-14(21)9-7-12)16-10-13-4-2-3-5-15(13)19-16/h2-11,17-22H,1H3. The van der Waals surface area contributed by atoms with Crippen molar-refractivity contribution in [1.82, 2.24) is 4.98 Å². The molecule has 4 heteroatoms. The average Bonchev–Trinajstić information content (AvgIpc) is 2.92. The van der Waals surface area contributed by atoms with Crippen molar-refractivity contribution in [1.29, 1.82) is 0 Å². The molecule has 0 fully saturated rings. The molecule has 3 aromatic rings. The van der Waals surface area contributed by atoms with Gasteiger partial charge in [0.05, 0.1) is 18.1 Å². The molecule has 0 amide bonds. The predicted molar refractivity (Wildman–Crippen MR) is 85.9 cm³/mol. The average molecular weight is 297 g/mol. The SMILES string of the molecule is CC(O)C(O)C(c1ccc(O)cc1)c1cc2ccccc2[nH]1. The van der Waals surface area contributed by atoms with E-state index in [0.29, 0.717) is 0 Å². The van der Waals surface area contributed by atoms with E-state index in [-0.39, 0.29) is 5.75 Å². The van der Waals surface area contributed by atoms with Gasteiger partial charge in [-0.25, -0.2) is 0 Å². The van der Waals surface area contributed by atoms with Crippen molar-refractivity contribution in [3.63, 3.8) is 0 Å². The third-order valence-electron chi connectivity index (χ3n) is 3.97. The van der Waals surface area contributed by atoms with Gasteiger partial charge in [-0.05, 0) is 42.1 Å². The Morgan fingerprint density at radius 1 is 0.955 bits per heavy atom. The van der Waals surface area contributed by atoms with Gasteiger partial charge in [0.2, 0.25) is 0 Å². The van der Waals surface area contributed by atoms with E-state index < -0.39 is 18.1 Å². The first-order valence-electron chi connectivity index (χ1n) is 7.29. The maximum absolute atomic E-state index is 10.5. The number of aromatic nitrogens is 1. The summed E-state index contributed by atoms with van der Waals surface area (Å²) in [6, 6.07) is 16.6. The molecule has 0 radical (unpaired) electrons. The van der Waals surface area contributed by atoms with Gasteiger partial charge in [0.1, 0.15) is 5.75 Å². The van der Waals surface area contributed by atoms with Crippen molar-refractivity contribution < 1.29 is 15.3 Å². The largest absolute Gasteiger partial charge is 0.508 e. The first kappa shape index (κ1) is 14.6. The number of hydrogen-bond acceptors (Lipinski definition) is 3. The van der Waals surface area contributed by atoms with Crippen molar-refractivity contribution in [3.8, 4) is 5.75 Å². The van der Waals surface area contributed by atoms with Crippen LogP contribution in [0.2, 0.25) is 0 Å². The fourth-order valence-electron chi connectivity index (χ4n) is 2.78. The van der Waals surface area contributed by atoms with Crippen molar-refractivity contribution in [2.75, 3.05) is 0 Å². The number of hydrogen-bond donors (Lipinski definition) is 4. The molecule has 3 rings (SSSR count). The highest BCUT2D eigenvalue weighted by atomic mass is 16.3. The van der Waals surface area contributed by atoms with Crippen LogP contribution in [0.3, 0.4) is 0 Å². The lowest BCUT2D eigenvalue weighted by Crippen LogP contribution is -2.30. The molecular weight excluding hydrogens is 278 g/mol. The summed E-state index contributed by atoms with van der Waals surface area (Å²) in [5.74, 6) is -0.223. The highest BCUT2D eigenvalue weighted by molar-refractivity contribution is 5.80. The zero-order chi connectivity index (χ0) is 15.7. The quantitative estimate of drug-likeness (QED) is 0.598. The van der Waals surface area contributed by atoms with Gasteiger partial charge in [-0.2, -0.15) is 0 Å². The maximum Gasteiger partial charge on any atom is 0.115 e. The van der Waals surface area contributed by atoms with Crippen LogP contribution in [-0.2, 0) is 0 Å². The molecular formula is C18H19NO3. The fraction of sp³-hybridized carbons (Fsp3) is 0.222. The Labute approximate surface area is 128 Å². The number of nitrogens with one attached hydrogen (secondary N) is 1. The fourth-order valence-corrected chi connectivity index (χ4v) is 2.78. The van der Waals surface area contributed by atoms with Crippen LogP contribution in [0.1, 0.15) is 24.1 Å². The molecule has 0 spiro atoms. The first-order chi connectivity index (χ1) is 10.6. The van der Waals surface area contributed by atoms with E-state index in [1.807, 2.05) is 30.3 Å². The lowest BCUT2D eigenvalue weighted by molar-refractivity contribution is 0.0206. The molecule has 22 heavy (non-hydrogen) atoms. The van der Waals surface area contributed by atoms with Gasteiger partial charge in [0.15, 0.2) is 0 Å². The molecule has 1 heterocycles. The van der Waals surface area contributed by atoms with Crippen LogP contribution in [0.4, 0.5) is 0 Å². The number of para-hydroxylation sites is 1. The van der Waals surface area contributed by atoms with Gasteiger partial charge in [0, 0.05) is 11.2 Å². The lowest BCUT2D eigenvalue weighted by atomic mass is 9.88. The van der Waals surface area contributed by atoms with E-state index in [9.17, 15) is 15.3 Å². The van der Waals surface area contributed by atoms with Crippen molar-refractivity contribution >= 4 is 10.9 Å². The van der Waals surface area contributed by atoms with E-state index >= 15 is 0 Å². The second kappa shape index (κ2) is 5.83. The molecule has 0 bridgehead atoms. The van der Waals surface area contributed by atoms with Crippen LogP contribution >= 0.6 is 0 Å². The Hall–Kier alpha value is -2.30. The molecule has 2 aromatic carbocycles. The number of aliphatic hydroxyl groups excluding tert-OH is 2. The molecule has 0 aliphatic carbocycles. The molecule has 4 N–H and O–H groups in total. The molecule has 0 saturated carbocycles. The van der Waals surface area contributed by atoms with Crippen molar-refractivity contribution in [2.45, 2.75) is 25.0 Å². The van der Waals surface area contributed by atoms with Gasteiger partial charge < -0.3 is 20.3 Å². The van der Waals surface area contributed by atoms with Crippen LogP contribution in [0.5, 0.6) is 5.75 Å². The number of phenols is 1. The number of fused-ring (bicyclic) bond motifs is 1. The van der Waals surface area contributed by atoms with Gasteiger partial charge in [-0.1, -0.05) is 30.3 Å².